The lowest BCUT2D eigenvalue weighted by Gasteiger charge is -2.27. The third-order valence-electron chi connectivity index (χ3n) is 4.77. The summed E-state index contributed by atoms with van der Waals surface area (Å²) in [5.74, 6) is 1.88. The Bertz CT molecular complexity index is 754. The molecule has 0 amide bonds. The molecule has 0 atom stereocenters. The molecule has 0 spiro atoms. The Kier molecular flexibility index (Phi) is 12.2. The molecule has 0 unspecified atom stereocenters. The molecule has 0 aliphatic carbocycles. The van der Waals surface area contributed by atoms with Gasteiger partial charge in [0.1, 0.15) is 0 Å². The van der Waals surface area contributed by atoms with E-state index in [4.69, 9.17) is 9.73 Å². The predicted molar refractivity (Wildman–Crippen MR) is 138 cm³/mol. The van der Waals surface area contributed by atoms with Gasteiger partial charge in [-0.2, -0.15) is 0 Å². The fourth-order valence-corrected chi connectivity index (χ4v) is 4.02. The molecule has 1 fully saturated rings. The van der Waals surface area contributed by atoms with E-state index in [-0.39, 0.29) is 24.0 Å². The summed E-state index contributed by atoms with van der Waals surface area (Å²) in [4.78, 5) is 8.58. The maximum atomic E-state index is 5.47. The first-order chi connectivity index (χ1) is 14.3. The molecule has 0 aromatic heterocycles. The number of halogens is 1. The van der Waals surface area contributed by atoms with E-state index >= 15 is 0 Å². The van der Waals surface area contributed by atoms with Crippen molar-refractivity contribution in [3.05, 3.63) is 65.7 Å². The minimum absolute atomic E-state index is 0. The third kappa shape index (κ3) is 8.83. The van der Waals surface area contributed by atoms with Crippen LogP contribution >= 0.6 is 35.7 Å². The van der Waals surface area contributed by atoms with Crippen LogP contribution < -0.4 is 10.6 Å². The van der Waals surface area contributed by atoms with Crippen molar-refractivity contribution in [1.29, 1.82) is 0 Å². The summed E-state index contributed by atoms with van der Waals surface area (Å²) in [6.45, 7) is 9.14. The van der Waals surface area contributed by atoms with Crippen molar-refractivity contribution in [3.8, 4) is 0 Å². The lowest BCUT2D eigenvalue weighted by molar-refractivity contribution is 0.0341. The second-order valence-corrected chi connectivity index (χ2v) is 8.11. The Hall–Kier alpha value is -1.29. The molecule has 3 rings (SSSR count). The van der Waals surface area contributed by atoms with Gasteiger partial charge in [0.25, 0.3) is 0 Å². The Morgan fingerprint density at radius 2 is 1.70 bits per heavy atom. The van der Waals surface area contributed by atoms with Gasteiger partial charge in [-0.1, -0.05) is 42.5 Å². The van der Waals surface area contributed by atoms with Gasteiger partial charge in [0, 0.05) is 43.4 Å². The number of thioether (sulfide) groups is 1. The van der Waals surface area contributed by atoms with Crippen LogP contribution in [0.25, 0.3) is 0 Å². The van der Waals surface area contributed by atoms with Gasteiger partial charge in [-0.15, -0.1) is 35.7 Å². The van der Waals surface area contributed by atoms with Crippen molar-refractivity contribution < 1.29 is 4.74 Å². The Morgan fingerprint density at radius 1 is 1.00 bits per heavy atom. The minimum Gasteiger partial charge on any atom is -0.379 e. The van der Waals surface area contributed by atoms with Gasteiger partial charge >= 0.3 is 0 Å². The molecule has 7 heteroatoms. The van der Waals surface area contributed by atoms with Crippen molar-refractivity contribution in [2.75, 3.05) is 45.1 Å². The van der Waals surface area contributed by atoms with Crippen molar-refractivity contribution in [1.82, 2.24) is 15.5 Å². The molecule has 164 valence electrons. The highest BCUT2D eigenvalue weighted by molar-refractivity contribution is 14.0. The first-order valence-corrected chi connectivity index (χ1v) is 11.4. The number of hydrogen-bond donors (Lipinski definition) is 2. The van der Waals surface area contributed by atoms with E-state index in [0.29, 0.717) is 6.54 Å². The molecule has 1 saturated heterocycles. The van der Waals surface area contributed by atoms with Gasteiger partial charge in [0.15, 0.2) is 5.96 Å². The van der Waals surface area contributed by atoms with Gasteiger partial charge in [0.2, 0.25) is 0 Å². The molecule has 2 aromatic rings. The summed E-state index contributed by atoms with van der Waals surface area (Å²) in [6, 6.07) is 19.1. The van der Waals surface area contributed by atoms with Crippen LogP contribution in [0.15, 0.2) is 64.5 Å². The van der Waals surface area contributed by atoms with Gasteiger partial charge in [-0.3, -0.25) is 4.90 Å². The van der Waals surface area contributed by atoms with Crippen molar-refractivity contribution in [3.63, 3.8) is 0 Å². The van der Waals surface area contributed by atoms with Crippen LogP contribution in [0, 0.1) is 0 Å². The normalized spacial score (nSPS) is 14.8. The van der Waals surface area contributed by atoms with Crippen LogP contribution in [-0.2, 0) is 17.8 Å². The van der Waals surface area contributed by atoms with Crippen molar-refractivity contribution >= 4 is 41.7 Å². The van der Waals surface area contributed by atoms with E-state index in [2.05, 4.69) is 77.1 Å². The summed E-state index contributed by atoms with van der Waals surface area (Å²) >= 11 is 1.86. The number of ether oxygens (including phenoxy) is 1. The van der Waals surface area contributed by atoms with Crippen LogP contribution in [0.5, 0.6) is 0 Å². The molecule has 2 aromatic carbocycles. The molecular formula is C23H33IN4OS. The molecular weight excluding hydrogens is 507 g/mol. The number of hydrogen-bond acceptors (Lipinski definition) is 4. The molecule has 1 aliphatic heterocycles. The number of aliphatic imine (C=N–C) groups is 1. The molecule has 0 radical (unpaired) electrons. The number of guanidine groups is 1. The zero-order chi connectivity index (χ0) is 20.2. The second-order valence-electron chi connectivity index (χ2n) is 6.94. The number of rotatable bonds is 9. The molecule has 0 saturated carbocycles. The van der Waals surface area contributed by atoms with Crippen molar-refractivity contribution in [2.24, 2.45) is 4.99 Å². The van der Waals surface area contributed by atoms with E-state index in [9.17, 15) is 0 Å². The second kappa shape index (κ2) is 14.7. The number of nitrogens with one attached hydrogen (secondary N) is 2. The number of morpholine rings is 1. The summed E-state index contributed by atoms with van der Waals surface area (Å²) in [6.07, 6.45) is 0. The molecule has 1 aliphatic rings. The van der Waals surface area contributed by atoms with Crippen LogP contribution in [0.3, 0.4) is 0 Å². The maximum absolute atomic E-state index is 5.47. The van der Waals surface area contributed by atoms with Crippen LogP contribution in [-0.4, -0.2) is 56.0 Å². The Labute approximate surface area is 202 Å². The topological polar surface area (TPSA) is 48.9 Å². The highest BCUT2D eigenvalue weighted by atomic mass is 127. The standard InChI is InChI=1S/C23H32N4OS.HI/c1-2-24-23(25-12-17-29-22-10-4-3-5-11-22)26-18-20-8-6-7-9-21(20)19-27-13-15-28-16-14-27;/h3-11H,2,12-19H2,1H3,(H2,24,25,26);1H. The minimum atomic E-state index is 0. The molecule has 0 bridgehead atoms. The predicted octanol–water partition coefficient (Wildman–Crippen LogP) is 3.98. The zero-order valence-corrected chi connectivity index (χ0v) is 20.8. The quantitative estimate of drug-likeness (QED) is 0.166. The summed E-state index contributed by atoms with van der Waals surface area (Å²) in [5.41, 5.74) is 2.64. The lowest BCUT2D eigenvalue weighted by atomic mass is 10.1. The van der Waals surface area contributed by atoms with E-state index < -0.39 is 0 Å². The van der Waals surface area contributed by atoms with E-state index in [1.54, 1.807) is 0 Å². The van der Waals surface area contributed by atoms with Crippen molar-refractivity contribution in [2.45, 2.75) is 24.9 Å². The molecule has 1 heterocycles. The molecule has 5 nitrogen and oxygen atoms in total. The smallest absolute Gasteiger partial charge is 0.191 e. The Morgan fingerprint density at radius 3 is 2.43 bits per heavy atom. The van der Waals surface area contributed by atoms with Gasteiger partial charge in [-0.25, -0.2) is 4.99 Å². The monoisotopic (exact) mass is 540 g/mol. The number of nitrogens with zero attached hydrogens (tertiary/aromatic N) is 2. The summed E-state index contributed by atoms with van der Waals surface area (Å²) in [5, 5.41) is 6.81. The first-order valence-electron chi connectivity index (χ1n) is 10.4. The fraction of sp³-hybridized carbons (Fsp3) is 0.435. The third-order valence-corrected chi connectivity index (χ3v) is 5.79. The van der Waals surface area contributed by atoms with Crippen LogP contribution in [0.1, 0.15) is 18.1 Å². The number of benzene rings is 2. The lowest BCUT2D eigenvalue weighted by Crippen LogP contribution is -2.38. The summed E-state index contributed by atoms with van der Waals surface area (Å²) < 4.78 is 5.47. The van der Waals surface area contributed by atoms with Gasteiger partial charge in [-0.05, 0) is 30.2 Å². The first kappa shape index (κ1) is 25.0. The van der Waals surface area contributed by atoms with E-state index in [1.807, 2.05) is 11.8 Å². The molecule has 30 heavy (non-hydrogen) atoms. The highest BCUT2D eigenvalue weighted by Gasteiger charge is 2.12. The average Bonchev–Trinajstić information content (AvgIpc) is 2.77. The zero-order valence-electron chi connectivity index (χ0n) is 17.7. The summed E-state index contributed by atoms with van der Waals surface area (Å²) in [7, 11) is 0. The van der Waals surface area contributed by atoms with Crippen LogP contribution in [0.2, 0.25) is 0 Å². The average molecular weight is 541 g/mol. The largest absolute Gasteiger partial charge is 0.379 e. The molecule has 2 N–H and O–H groups in total. The fourth-order valence-electron chi connectivity index (χ4n) is 3.23. The highest BCUT2D eigenvalue weighted by Crippen LogP contribution is 2.16. The van der Waals surface area contributed by atoms with Crippen LogP contribution in [0.4, 0.5) is 0 Å². The van der Waals surface area contributed by atoms with E-state index in [0.717, 1.165) is 57.6 Å². The van der Waals surface area contributed by atoms with Gasteiger partial charge < -0.3 is 15.4 Å². The van der Waals surface area contributed by atoms with Gasteiger partial charge in [0.05, 0.1) is 19.8 Å². The van der Waals surface area contributed by atoms with E-state index in [1.165, 1.54) is 16.0 Å². The SMILES string of the molecule is CCNC(=NCc1ccccc1CN1CCOCC1)NCCSc1ccccc1.I. The Balaban J connectivity index is 0.00000320. The maximum Gasteiger partial charge on any atom is 0.191 e.